The van der Waals surface area contributed by atoms with Gasteiger partial charge in [-0.15, -0.1) is 0 Å². The minimum absolute atomic E-state index is 0.127. The van der Waals surface area contributed by atoms with Crippen LogP contribution in [0.15, 0.2) is 73.3 Å². The van der Waals surface area contributed by atoms with Crippen LogP contribution in [0, 0.1) is 0 Å². The van der Waals surface area contributed by atoms with Gasteiger partial charge in [0.15, 0.2) is 0 Å². The van der Waals surface area contributed by atoms with Crippen LogP contribution in [0.2, 0.25) is 5.32 Å². The Hall–Kier alpha value is -1.38. The molecule has 0 saturated heterocycles. The summed E-state index contributed by atoms with van der Waals surface area (Å²) in [7, 11) is 0. The first-order chi connectivity index (χ1) is 10.9. The van der Waals surface area contributed by atoms with E-state index in [0.717, 1.165) is 5.32 Å². The Bertz CT molecular complexity index is 528. The second-order valence-electron chi connectivity index (χ2n) is 4.87. The van der Waals surface area contributed by atoms with E-state index in [1.807, 2.05) is 24.3 Å². The van der Waals surface area contributed by atoms with Gasteiger partial charge < -0.3 is 0 Å². The molecule has 0 aromatic heterocycles. The summed E-state index contributed by atoms with van der Waals surface area (Å²) in [5.74, 6) is 0. The molecule has 0 bridgehead atoms. The minimum atomic E-state index is 0.127. The third-order valence-electron chi connectivity index (χ3n) is 3.04. The molecule has 0 aliphatic rings. The van der Waals surface area contributed by atoms with Crippen LogP contribution in [-0.2, 0) is 16.1 Å². The van der Waals surface area contributed by atoms with Gasteiger partial charge in [-0.3, -0.25) is 0 Å². The van der Waals surface area contributed by atoms with Crippen molar-refractivity contribution >= 4 is 19.4 Å². The van der Waals surface area contributed by atoms with E-state index in [1.54, 1.807) is 6.08 Å². The van der Waals surface area contributed by atoms with E-state index in [0.29, 0.717) is 34.8 Å². The summed E-state index contributed by atoms with van der Waals surface area (Å²) in [6.07, 6.45) is 1.92. The van der Waals surface area contributed by atoms with Crippen molar-refractivity contribution < 1.29 is 9.47 Å². The van der Waals surface area contributed by atoms with Crippen LogP contribution in [-0.4, -0.2) is 34.3 Å². The molecule has 0 N–H and O–H groups in total. The van der Waals surface area contributed by atoms with Crippen LogP contribution in [0.4, 0.5) is 0 Å². The van der Waals surface area contributed by atoms with E-state index < -0.39 is 0 Å². The number of rotatable bonds is 10. The third kappa shape index (κ3) is 6.59. The molecular formula is C19H22O2Se. The van der Waals surface area contributed by atoms with Gasteiger partial charge in [0.2, 0.25) is 0 Å². The van der Waals surface area contributed by atoms with Gasteiger partial charge in [0.25, 0.3) is 0 Å². The molecule has 0 saturated carbocycles. The Balaban J connectivity index is 1.76. The van der Waals surface area contributed by atoms with E-state index in [4.69, 9.17) is 9.47 Å². The Morgan fingerprint density at radius 1 is 1.00 bits per heavy atom. The van der Waals surface area contributed by atoms with Crippen molar-refractivity contribution in [1.29, 1.82) is 0 Å². The molecule has 2 aromatic rings. The molecule has 116 valence electrons. The van der Waals surface area contributed by atoms with Crippen LogP contribution in [0.25, 0.3) is 0 Å². The van der Waals surface area contributed by atoms with Gasteiger partial charge in [0.1, 0.15) is 0 Å². The molecule has 1 unspecified atom stereocenters. The van der Waals surface area contributed by atoms with Gasteiger partial charge in [-0.2, -0.15) is 0 Å². The molecule has 2 aromatic carbocycles. The Morgan fingerprint density at radius 2 is 1.68 bits per heavy atom. The average molecular weight is 361 g/mol. The van der Waals surface area contributed by atoms with Crippen LogP contribution >= 0.6 is 0 Å². The Labute approximate surface area is 139 Å². The van der Waals surface area contributed by atoms with E-state index in [-0.39, 0.29) is 6.10 Å². The summed E-state index contributed by atoms with van der Waals surface area (Å²) in [5.41, 5.74) is 1.19. The average Bonchev–Trinajstić information content (AvgIpc) is 2.58. The predicted molar refractivity (Wildman–Crippen MR) is 92.7 cm³/mol. The van der Waals surface area contributed by atoms with Crippen molar-refractivity contribution in [2.24, 2.45) is 0 Å². The van der Waals surface area contributed by atoms with Gasteiger partial charge in [-0.25, -0.2) is 0 Å². The topological polar surface area (TPSA) is 18.5 Å². The fourth-order valence-corrected chi connectivity index (χ4v) is 3.87. The van der Waals surface area contributed by atoms with Crippen LogP contribution < -0.4 is 4.46 Å². The molecule has 2 nitrogen and oxygen atoms in total. The van der Waals surface area contributed by atoms with Crippen molar-refractivity contribution in [3.63, 3.8) is 0 Å². The first kappa shape index (κ1) is 17.0. The van der Waals surface area contributed by atoms with Crippen molar-refractivity contribution in [3.05, 3.63) is 78.9 Å². The zero-order valence-electron chi connectivity index (χ0n) is 12.7. The molecule has 2 rings (SSSR count). The monoisotopic (exact) mass is 362 g/mol. The summed E-state index contributed by atoms with van der Waals surface area (Å²) in [6.45, 7) is 5.55. The fraction of sp³-hybridized carbons (Fsp3) is 0.263. The van der Waals surface area contributed by atoms with E-state index >= 15 is 0 Å². The zero-order valence-corrected chi connectivity index (χ0v) is 14.4. The standard InChI is InChI=1S/C19H22O2Se/c1-2-13-21-18(16-22-19-11-7-4-8-12-19)15-20-14-17-9-5-3-6-10-17/h2-12,18H,1,13-16H2. The summed E-state index contributed by atoms with van der Waals surface area (Å²) < 4.78 is 13.0. The molecule has 0 fully saturated rings. The Morgan fingerprint density at radius 3 is 2.36 bits per heavy atom. The van der Waals surface area contributed by atoms with Crippen molar-refractivity contribution in [1.82, 2.24) is 0 Å². The van der Waals surface area contributed by atoms with Gasteiger partial charge in [0, 0.05) is 0 Å². The molecule has 1 atom stereocenters. The first-order valence-corrected chi connectivity index (χ1v) is 9.47. The Kier molecular flexibility index (Phi) is 8.00. The summed E-state index contributed by atoms with van der Waals surface area (Å²) >= 11 is 0.406. The number of ether oxygens (including phenoxy) is 2. The van der Waals surface area contributed by atoms with Crippen molar-refractivity contribution in [2.45, 2.75) is 18.0 Å². The number of hydrogen-bond donors (Lipinski definition) is 0. The molecule has 0 aliphatic heterocycles. The fourth-order valence-electron chi connectivity index (χ4n) is 1.94. The van der Waals surface area contributed by atoms with Crippen molar-refractivity contribution in [3.8, 4) is 0 Å². The summed E-state index contributed by atoms with van der Waals surface area (Å²) in [4.78, 5) is 0. The first-order valence-electron chi connectivity index (χ1n) is 7.40. The van der Waals surface area contributed by atoms with Gasteiger partial charge >= 0.3 is 139 Å². The normalized spacial score (nSPS) is 12.0. The second kappa shape index (κ2) is 10.4. The van der Waals surface area contributed by atoms with Crippen molar-refractivity contribution in [2.75, 3.05) is 13.2 Å². The van der Waals surface area contributed by atoms with Gasteiger partial charge in [-0.05, 0) is 0 Å². The molecule has 3 heteroatoms. The van der Waals surface area contributed by atoms with Crippen LogP contribution in [0.5, 0.6) is 0 Å². The number of hydrogen-bond acceptors (Lipinski definition) is 2. The second-order valence-corrected chi connectivity index (χ2v) is 7.16. The third-order valence-corrected chi connectivity index (χ3v) is 5.44. The zero-order chi connectivity index (χ0) is 15.5. The van der Waals surface area contributed by atoms with Gasteiger partial charge in [0.05, 0.1) is 0 Å². The molecular weight excluding hydrogens is 339 g/mol. The molecule has 0 aliphatic carbocycles. The van der Waals surface area contributed by atoms with E-state index in [9.17, 15) is 0 Å². The predicted octanol–water partition coefficient (Wildman–Crippen LogP) is 3.22. The molecule has 22 heavy (non-hydrogen) atoms. The molecule has 0 amide bonds. The quantitative estimate of drug-likeness (QED) is 0.478. The van der Waals surface area contributed by atoms with E-state index in [1.165, 1.54) is 10.0 Å². The maximum atomic E-state index is 5.82. The molecule has 0 radical (unpaired) electrons. The maximum absolute atomic E-state index is 5.82. The SMILES string of the molecule is C=CCOC(COCc1ccccc1)C[Se]c1ccccc1. The summed E-state index contributed by atoms with van der Waals surface area (Å²) in [6, 6.07) is 20.8. The summed E-state index contributed by atoms with van der Waals surface area (Å²) in [5, 5.41) is 1.01. The molecule has 0 spiro atoms. The van der Waals surface area contributed by atoms with Gasteiger partial charge in [-0.1, -0.05) is 0 Å². The van der Waals surface area contributed by atoms with E-state index in [2.05, 4.69) is 43.0 Å². The molecule has 0 heterocycles. The number of benzene rings is 2. The van der Waals surface area contributed by atoms with Crippen LogP contribution in [0.3, 0.4) is 0 Å². The van der Waals surface area contributed by atoms with Crippen LogP contribution in [0.1, 0.15) is 5.56 Å².